The number of carbonyl (C=O) groups is 1. The molecule has 0 spiro atoms. The summed E-state index contributed by atoms with van der Waals surface area (Å²) in [6.07, 6.45) is -3.13. The van der Waals surface area contributed by atoms with Crippen LogP contribution in [0.25, 0.3) is 0 Å². The lowest BCUT2D eigenvalue weighted by atomic mass is 10.1. The quantitative estimate of drug-likeness (QED) is 0.763. The van der Waals surface area contributed by atoms with Crippen LogP contribution in [0.3, 0.4) is 0 Å². The van der Waals surface area contributed by atoms with Gasteiger partial charge in [0.15, 0.2) is 17.2 Å². The lowest BCUT2D eigenvalue weighted by Crippen LogP contribution is -2.24. The predicted octanol–water partition coefficient (Wildman–Crippen LogP) is 3.22. The highest BCUT2D eigenvalue weighted by Gasteiger charge is 2.40. The number of aliphatic hydroxyl groups excluding tert-OH is 1. The summed E-state index contributed by atoms with van der Waals surface area (Å²) in [6, 6.07) is 0. The minimum atomic E-state index is -4.85. The molecule has 154 valence electrons. The molecule has 0 saturated heterocycles. The molecule has 28 heavy (non-hydrogen) atoms. The second-order valence-electron chi connectivity index (χ2n) is 6.85. The molecule has 0 aliphatic carbocycles. The molecular formula is C17H20F3N3O5. The number of nitrogens with zero attached hydrogens (tertiary/aromatic N) is 3. The number of aromatic nitrogens is 3. The largest absolute Gasteiger partial charge is 0.489 e. The third-order valence-electron chi connectivity index (χ3n) is 3.62. The van der Waals surface area contributed by atoms with E-state index in [-0.39, 0.29) is 23.7 Å². The van der Waals surface area contributed by atoms with E-state index in [2.05, 4.69) is 10.1 Å². The monoisotopic (exact) mass is 403 g/mol. The Balaban J connectivity index is 2.64. The number of hydrogen-bond acceptors (Lipinski definition) is 6. The Morgan fingerprint density at radius 2 is 1.82 bits per heavy atom. The Morgan fingerprint density at radius 1 is 1.21 bits per heavy atom. The van der Waals surface area contributed by atoms with E-state index < -0.39 is 41.4 Å². The summed E-state index contributed by atoms with van der Waals surface area (Å²) < 4.78 is 52.5. The minimum Gasteiger partial charge on any atom is -0.489 e. The van der Waals surface area contributed by atoms with Crippen molar-refractivity contribution in [3.63, 3.8) is 0 Å². The van der Waals surface area contributed by atoms with Gasteiger partial charge in [-0.05, 0) is 27.7 Å². The topological polar surface area (TPSA) is 107 Å². The number of carboxylic acid groups (broad SMARTS) is 1. The highest BCUT2D eigenvalue weighted by atomic mass is 19.4. The SMILES string of the molecule is Cc1c(C(=O)O)nn(C(C)(C)C)c1Oc1cncc(OCCO)c1C(F)(F)F. The average molecular weight is 403 g/mol. The lowest BCUT2D eigenvalue weighted by molar-refractivity contribution is -0.140. The van der Waals surface area contributed by atoms with Crippen molar-refractivity contribution in [1.82, 2.24) is 14.8 Å². The van der Waals surface area contributed by atoms with Gasteiger partial charge in [0.25, 0.3) is 0 Å². The summed E-state index contributed by atoms with van der Waals surface area (Å²) in [5.74, 6) is -2.78. The Morgan fingerprint density at radius 3 is 2.32 bits per heavy atom. The highest BCUT2D eigenvalue weighted by molar-refractivity contribution is 5.87. The molecule has 0 amide bonds. The van der Waals surface area contributed by atoms with Gasteiger partial charge in [-0.2, -0.15) is 18.3 Å². The summed E-state index contributed by atoms with van der Waals surface area (Å²) in [7, 11) is 0. The zero-order valence-corrected chi connectivity index (χ0v) is 15.7. The maximum absolute atomic E-state index is 13.6. The Hall–Kier alpha value is -2.82. The second-order valence-corrected chi connectivity index (χ2v) is 6.85. The molecule has 0 radical (unpaired) electrons. The maximum atomic E-state index is 13.6. The van der Waals surface area contributed by atoms with Crippen molar-refractivity contribution in [1.29, 1.82) is 0 Å². The number of halogens is 3. The molecule has 0 aliphatic heterocycles. The van der Waals surface area contributed by atoms with Crippen molar-refractivity contribution in [2.75, 3.05) is 13.2 Å². The van der Waals surface area contributed by atoms with E-state index in [9.17, 15) is 23.1 Å². The smallest absolute Gasteiger partial charge is 0.423 e. The molecule has 2 heterocycles. The van der Waals surface area contributed by atoms with Gasteiger partial charge in [-0.15, -0.1) is 0 Å². The first-order chi connectivity index (χ1) is 12.9. The fraction of sp³-hybridized carbons (Fsp3) is 0.471. The number of rotatable bonds is 6. The van der Waals surface area contributed by atoms with Gasteiger partial charge < -0.3 is 19.7 Å². The number of pyridine rings is 1. The molecule has 0 aromatic carbocycles. The van der Waals surface area contributed by atoms with E-state index in [0.29, 0.717) is 0 Å². The van der Waals surface area contributed by atoms with E-state index in [4.69, 9.17) is 14.6 Å². The van der Waals surface area contributed by atoms with Crippen LogP contribution in [0, 0.1) is 6.92 Å². The molecule has 0 bridgehead atoms. The van der Waals surface area contributed by atoms with Crippen LogP contribution < -0.4 is 9.47 Å². The molecule has 0 saturated carbocycles. The molecule has 2 N–H and O–H groups in total. The number of carboxylic acids is 1. The summed E-state index contributed by atoms with van der Waals surface area (Å²) in [6.45, 7) is 5.63. The fourth-order valence-electron chi connectivity index (χ4n) is 2.41. The second kappa shape index (κ2) is 7.66. The van der Waals surface area contributed by atoms with Crippen LogP contribution in [-0.2, 0) is 11.7 Å². The molecule has 2 aromatic heterocycles. The van der Waals surface area contributed by atoms with E-state index in [1.165, 1.54) is 11.6 Å². The minimum absolute atomic E-state index is 0.0669. The van der Waals surface area contributed by atoms with Gasteiger partial charge in [0.1, 0.15) is 12.2 Å². The molecule has 0 unspecified atom stereocenters. The van der Waals surface area contributed by atoms with Crippen molar-refractivity contribution in [3.05, 3.63) is 29.2 Å². The van der Waals surface area contributed by atoms with Gasteiger partial charge in [-0.1, -0.05) is 0 Å². The molecule has 0 atom stereocenters. The number of alkyl halides is 3. The Bertz CT molecular complexity index is 872. The van der Waals surface area contributed by atoms with Crippen LogP contribution >= 0.6 is 0 Å². The normalized spacial score (nSPS) is 12.1. The average Bonchev–Trinajstić information content (AvgIpc) is 2.89. The molecule has 0 aliphatic rings. The molecule has 11 heteroatoms. The maximum Gasteiger partial charge on any atom is 0.423 e. The van der Waals surface area contributed by atoms with Crippen molar-refractivity contribution in [2.24, 2.45) is 0 Å². The molecule has 2 rings (SSSR count). The van der Waals surface area contributed by atoms with Crippen molar-refractivity contribution < 1.29 is 37.7 Å². The summed E-state index contributed by atoms with van der Waals surface area (Å²) in [5.41, 5.74) is -2.27. The summed E-state index contributed by atoms with van der Waals surface area (Å²) in [4.78, 5) is 15.1. The van der Waals surface area contributed by atoms with Crippen LogP contribution in [-0.4, -0.2) is 44.2 Å². The zero-order chi connectivity index (χ0) is 21.3. The number of aromatic carboxylic acids is 1. The first-order valence-electron chi connectivity index (χ1n) is 8.18. The first kappa shape index (κ1) is 21.5. The summed E-state index contributed by atoms with van der Waals surface area (Å²) in [5, 5.41) is 22.1. The molecule has 8 nitrogen and oxygen atoms in total. The molecule has 2 aromatic rings. The third kappa shape index (κ3) is 4.35. The van der Waals surface area contributed by atoms with Gasteiger partial charge in [-0.3, -0.25) is 4.98 Å². The Kier molecular flexibility index (Phi) is 5.88. The van der Waals surface area contributed by atoms with Crippen molar-refractivity contribution in [3.8, 4) is 17.4 Å². The first-order valence-corrected chi connectivity index (χ1v) is 8.18. The van der Waals surface area contributed by atoms with Crippen LogP contribution in [0.2, 0.25) is 0 Å². The van der Waals surface area contributed by atoms with Crippen molar-refractivity contribution in [2.45, 2.75) is 39.4 Å². The van der Waals surface area contributed by atoms with Gasteiger partial charge in [0, 0.05) is 5.56 Å². The van der Waals surface area contributed by atoms with Gasteiger partial charge in [-0.25, -0.2) is 9.48 Å². The standard InChI is InChI=1S/C17H20F3N3O5/c1-9-13(15(25)26)22-23(16(2,3)4)14(9)28-11-8-21-7-10(27-6-5-24)12(11)17(18,19)20/h7-8,24H,5-6H2,1-4H3,(H,25,26). The molecule has 0 fully saturated rings. The van der Waals surface area contributed by atoms with E-state index in [1.807, 2.05) is 0 Å². The van der Waals surface area contributed by atoms with E-state index in [1.54, 1.807) is 20.8 Å². The lowest BCUT2D eigenvalue weighted by Gasteiger charge is -2.23. The fourth-order valence-corrected chi connectivity index (χ4v) is 2.41. The summed E-state index contributed by atoms with van der Waals surface area (Å²) >= 11 is 0. The number of aliphatic hydroxyl groups is 1. The third-order valence-corrected chi connectivity index (χ3v) is 3.62. The number of hydrogen-bond donors (Lipinski definition) is 2. The van der Waals surface area contributed by atoms with Gasteiger partial charge in [0.2, 0.25) is 5.88 Å². The van der Waals surface area contributed by atoms with Crippen LogP contribution in [0.15, 0.2) is 12.4 Å². The molecular weight excluding hydrogens is 383 g/mol. The van der Waals surface area contributed by atoms with Gasteiger partial charge >= 0.3 is 12.1 Å². The van der Waals surface area contributed by atoms with E-state index >= 15 is 0 Å². The zero-order valence-electron chi connectivity index (χ0n) is 15.7. The van der Waals surface area contributed by atoms with Crippen molar-refractivity contribution >= 4 is 5.97 Å². The predicted molar refractivity (Wildman–Crippen MR) is 90.8 cm³/mol. The van der Waals surface area contributed by atoms with Crippen LogP contribution in [0.5, 0.6) is 17.4 Å². The highest BCUT2D eigenvalue weighted by Crippen LogP contribution is 2.44. The van der Waals surface area contributed by atoms with Crippen LogP contribution in [0.1, 0.15) is 42.4 Å². The van der Waals surface area contributed by atoms with Gasteiger partial charge in [0.05, 0.1) is 24.5 Å². The van der Waals surface area contributed by atoms with Crippen LogP contribution in [0.4, 0.5) is 13.2 Å². The Labute approximate surface area is 158 Å². The number of ether oxygens (including phenoxy) is 2. The van der Waals surface area contributed by atoms with E-state index in [0.717, 1.165) is 12.4 Å².